The summed E-state index contributed by atoms with van der Waals surface area (Å²) in [6.07, 6.45) is 1.19. The normalized spacial score (nSPS) is 19.3. The highest BCUT2D eigenvalue weighted by molar-refractivity contribution is 5.35. The molecule has 0 saturated heterocycles. The molecule has 1 N–H and O–H groups in total. The summed E-state index contributed by atoms with van der Waals surface area (Å²) in [7, 11) is 0. The van der Waals surface area contributed by atoms with Crippen LogP contribution in [0.2, 0.25) is 0 Å². The molecule has 0 aromatic heterocycles. The molecule has 1 aromatic carbocycles. The third-order valence-corrected chi connectivity index (χ3v) is 3.48. The minimum atomic E-state index is 0.380. The topological polar surface area (TPSA) is 12.0 Å². The summed E-state index contributed by atoms with van der Waals surface area (Å²) in [4.78, 5) is 0. The molecular formula is C15H23N. The Kier molecular flexibility index (Phi) is 3.07. The van der Waals surface area contributed by atoms with Crippen molar-refractivity contribution in [3.63, 3.8) is 0 Å². The fourth-order valence-corrected chi connectivity index (χ4v) is 2.46. The van der Waals surface area contributed by atoms with E-state index in [1.807, 2.05) is 0 Å². The Bertz CT molecular complexity index is 377. The van der Waals surface area contributed by atoms with E-state index in [4.69, 9.17) is 0 Å². The zero-order valence-electron chi connectivity index (χ0n) is 10.9. The summed E-state index contributed by atoms with van der Waals surface area (Å²) < 4.78 is 0. The lowest BCUT2D eigenvalue weighted by atomic mass is 9.85. The van der Waals surface area contributed by atoms with Gasteiger partial charge in [0.05, 0.1) is 0 Å². The van der Waals surface area contributed by atoms with Crippen LogP contribution < -0.4 is 5.32 Å². The quantitative estimate of drug-likeness (QED) is 0.759. The van der Waals surface area contributed by atoms with Crippen molar-refractivity contribution in [3.8, 4) is 0 Å². The van der Waals surface area contributed by atoms with E-state index < -0.39 is 0 Å². The maximum Gasteiger partial charge on any atom is 0.0208 e. The zero-order valence-corrected chi connectivity index (χ0v) is 10.9. The summed E-state index contributed by atoms with van der Waals surface area (Å²) in [5.41, 5.74) is 4.86. The summed E-state index contributed by atoms with van der Waals surface area (Å²) in [6.45, 7) is 11.3. The van der Waals surface area contributed by atoms with Gasteiger partial charge in [-0.1, -0.05) is 45.9 Å². The van der Waals surface area contributed by atoms with Crippen molar-refractivity contribution in [1.82, 2.24) is 5.32 Å². The molecule has 0 unspecified atom stereocenters. The van der Waals surface area contributed by atoms with Crippen LogP contribution >= 0.6 is 0 Å². The third-order valence-electron chi connectivity index (χ3n) is 3.48. The standard InChI is InChI=1S/C15H23N/c1-11(2)12-5-6-13-8-15(3,4)10-16-9-14(13)7-12/h5-7,11,16H,8-10H2,1-4H3. The highest BCUT2D eigenvalue weighted by Crippen LogP contribution is 2.28. The van der Waals surface area contributed by atoms with Gasteiger partial charge in [0.15, 0.2) is 0 Å². The Morgan fingerprint density at radius 3 is 2.62 bits per heavy atom. The van der Waals surface area contributed by atoms with Crippen LogP contribution in [0, 0.1) is 5.41 Å². The molecule has 1 aliphatic rings. The third kappa shape index (κ3) is 2.46. The van der Waals surface area contributed by atoms with E-state index in [0.29, 0.717) is 11.3 Å². The number of rotatable bonds is 1. The SMILES string of the molecule is CC(C)c1ccc2c(c1)CNCC(C)(C)C2. The van der Waals surface area contributed by atoms with Gasteiger partial charge in [0.1, 0.15) is 0 Å². The first-order chi connectivity index (χ1) is 7.48. The van der Waals surface area contributed by atoms with E-state index in [1.165, 1.54) is 23.1 Å². The first kappa shape index (κ1) is 11.7. The van der Waals surface area contributed by atoms with Crippen LogP contribution in [0.1, 0.15) is 50.3 Å². The van der Waals surface area contributed by atoms with Crippen molar-refractivity contribution in [3.05, 3.63) is 34.9 Å². The molecule has 1 heterocycles. The molecule has 1 aromatic rings. The number of fused-ring (bicyclic) bond motifs is 1. The number of hydrogen-bond donors (Lipinski definition) is 1. The van der Waals surface area contributed by atoms with Crippen LogP contribution in [0.4, 0.5) is 0 Å². The van der Waals surface area contributed by atoms with Crippen LogP contribution in [0.3, 0.4) is 0 Å². The van der Waals surface area contributed by atoms with Crippen molar-refractivity contribution in [2.75, 3.05) is 6.54 Å². The molecule has 2 rings (SSSR count). The lowest BCUT2D eigenvalue weighted by Gasteiger charge is -2.22. The molecule has 16 heavy (non-hydrogen) atoms. The Morgan fingerprint density at radius 2 is 1.94 bits per heavy atom. The number of nitrogens with one attached hydrogen (secondary N) is 1. The molecule has 0 bridgehead atoms. The molecule has 88 valence electrons. The van der Waals surface area contributed by atoms with E-state index >= 15 is 0 Å². The van der Waals surface area contributed by atoms with E-state index in [9.17, 15) is 0 Å². The fourth-order valence-electron chi connectivity index (χ4n) is 2.46. The van der Waals surface area contributed by atoms with Crippen LogP contribution in [0.15, 0.2) is 18.2 Å². The van der Waals surface area contributed by atoms with Gasteiger partial charge in [0.2, 0.25) is 0 Å². The van der Waals surface area contributed by atoms with Gasteiger partial charge in [0.25, 0.3) is 0 Å². The monoisotopic (exact) mass is 217 g/mol. The summed E-state index contributed by atoms with van der Waals surface area (Å²) in [5.74, 6) is 0.626. The summed E-state index contributed by atoms with van der Waals surface area (Å²) in [6, 6.07) is 7.01. The minimum absolute atomic E-state index is 0.380. The maximum atomic E-state index is 3.56. The van der Waals surface area contributed by atoms with Crippen LogP contribution in [-0.2, 0) is 13.0 Å². The predicted molar refractivity (Wildman–Crippen MR) is 69.7 cm³/mol. The molecule has 0 atom stereocenters. The molecule has 0 amide bonds. The summed E-state index contributed by atoms with van der Waals surface area (Å²) in [5, 5.41) is 3.56. The predicted octanol–water partition coefficient (Wildman–Crippen LogP) is 3.48. The first-order valence-corrected chi connectivity index (χ1v) is 6.30. The Hall–Kier alpha value is -0.820. The van der Waals surface area contributed by atoms with Gasteiger partial charge in [-0.05, 0) is 34.4 Å². The van der Waals surface area contributed by atoms with Crippen molar-refractivity contribution >= 4 is 0 Å². The van der Waals surface area contributed by atoms with Crippen LogP contribution in [-0.4, -0.2) is 6.54 Å². The number of benzene rings is 1. The van der Waals surface area contributed by atoms with Gasteiger partial charge < -0.3 is 5.32 Å². The van der Waals surface area contributed by atoms with E-state index in [-0.39, 0.29) is 0 Å². The van der Waals surface area contributed by atoms with Crippen LogP contribution in [0.25, 0.3) is 0 Å². The van der Waals surface area contributed by atoms with Gasteiger partial charge in [-0.3, -0.25) is 0 Å². The molecule has 0 fully saturated rings. The molecular weight excluding hydrogens is 194 g/mol. The lowest BCUT2D eigenvalue weighted by Crippen LogP contribution is -2.27. The zero-order chi connectivity index (χ0) is 11.8. The molecule has 1 nitrogen and oxygen atoms in total. The lowest BCUT2D eigenvalue weighted by molar-refractivity contribution is 0.349. The maximum absolute atomic E-state index is 3.56. The second-order valence-electron chi connectivity index (χ2n) is 6.13. The molecule has 1 heteroatoms. The van der Waals surface area contributed by atoms with Gasteiger partial charge in [-0.2, -0.15) is 0 Å². The average Bonchev–Trinajstić information content (AvgIpc) is 2.33. The van der Waals surface area contributed by atoms with E-state index in [1.54, 1.807) is 0 Å². The molecule has 0 radical (unpaired) electrons. The first-order valence-electron chi connectivity index (χ1n) is 6.30. The van der Waals surface area contributed by atoms with Gasteiger partial charge in [-0.25, -0.2) is 0 Å². The Morgan fingerprint density at radius 1 is 1.19 bits per heavy atom. The van der Waals surface area contributed by atoms with Crippen molar-refractivity contribution < 1.29 is 0 Å². The summed E-state index contributed by atoms with van der Waals surface area (Å²) >= 11 is 0. The highest BCUT2D eigenvalue weighted by Gasteiger charge is 2.23. The molecule has 0 saturated carbocycles. The van der Waals surface area contributed by atoms with Crippen LogP contribution in [0.5, 0.6) is 0 Å². The largest absolute Gasteiger partial charge is 0.312 e. The van der Waals surface area contributed by atoms with Gasteiger partial charge >= 0.3 is 0 Å². The molecule has 1 aliphatic heterocycles. The van der Waals surface area contributed by atoms with Gasteiger partial charge in [0, 0.05) is 13.1 Å². The van der Waals surface area contributed by atoms with Crippen molar-refractivity contribution in [2.24, 2.45) is 5.41 Å². The van der Waals surface area contributed by atoms with Gasteiger partial charge in [-0.15, -0.1) is 0 Å². The average molecular weight is 217 g/mol. The molecule has 0 spiro atoms. The Labute approximate surface area is 99.3 Å². The van der Waals surface area contributed by atoms with Crippen molar-refractivity contribution in [1.29, 1.82) is 0 Å². The number of hydrogen-bond acceptors (Lipinski definition) is 1. The molecule has 0 aliphatic carbocycles. The van der Waals surface area contributed by atoms with E-state index in [0.717, 1.165) is 13.1 Å². The second kappa shape index (κ2) is 4.21. The van der Waals surface area contributed by atoms with E-state index in [2.05, 4.69) is 51.2 Å². The Balaban J connectivity index is 2.34. The second-order valence-corrected chi connectivity index (χ2v) is 6.13. The highest BCUT2D eigenvalue weighted by atomic mass is 14.9. The smallest absolute Gasteiger partial charge is 0.0208 e. The minimum Gasteiger partial charge on any atom is -0.312 e. The van der Waals surface area contributed by atoms with Crippen molar-refractivity contribution in [2.45, 2.75) is 46.6 Å². The fraction of sp³-hybridized carbons (Fsp3) is 0.600.